The molecular weight excluding hydrogens is 296 g/mol. The van der Waals surface area contributed by atoms with Gasteiger partial charge in [-0.25, -0.2) is 4.79 Å². The number of nitrogens with zero attached hydrogens (tertiary/aromatic N) is 2. The molecule has 7 heteroatoms. The van der Waals surface area contributed by atoms with Crippen molar-refractivity contribution in [2.75, 3.05) is 31.1 Å². The molecule has 0 spiro atoms. The zero-order valence-electron chi connectivity index (χ0n) is 12.8. The van der Waals surface area contributed by atoms with Crippen molar-refractivity contribution in [2.24, 2.45) is 0 Å². The van der Waals surface area contributed by atoms with E-state index in [0.717, 1.165) is 13.1 Å². The number of urea groups is 1. The lowest BCUT2D eigenvalue weighted by molar-refractivity contribution is -0.131. The Morgan fingerprint density at radius 2 is 1.78 bits per heavy atom. The first-order valence-electron chi connectivity index (χ1n) is 7.82. The summed E-state index contributed by atoms with van der Waals surface area (Å²) in [6.45, 7) is 2.96. The summed E-state index contributed by atoms with van der Waals surface area (Å²) >= 11 is 0. The van der Waals surface area contributed by atoms with E-state index < -0.39 is 12.1 Å². The number of carbonyl (C=O) groups is 3. The molecule has 3 rings (SSSR count). The van der Waals surface area contributed by atoms with Gasteiger partial charge >= 0.3 is 6.03 Å². The molecule has 2 fully saturated rings. The topological polar surface area (TPSA) is 81.8 Å². The maximum Gasteiger partial charge on any atom is 0.322 e. The van der Waals surface area contributed by atoms with Crippen LogP contribution in [0.3, 0.4) is 0 Å². The minimum absolute atomic E-state index is 0.0339. The second-order valence-corrected chi connectivity index (χ2v) is 5.76. The normalized spacial score (nSPS) is 21.1. The van der Waals surface area contributed by atoms with Crippen LogP contribution in [0.4, 0.5) is 10.5 Å². The lowest BCUT2D eigenvalue weighted by Gasteiger charge is -2.36. The van der Waals surface area contributed by atoms with E-state index in [1.54, 1.807) is 0 Å². The van der Waals surface area contributed by atoms with Gasteiger partial charge in [-0.3, -0.25) is 14.9 Å². The van der Waals surface area contributed by atoms with Gasteiger partial charge in [-0.15, -0.1) is 0 Å². The van der Waals surface area contributed by atoms with Crippen molar-refractivity contribution < 1.29 is 14.4 Å². The molecule has 2 N–H and O–H groups in total. The van der Waals surface area contributed by atoms with E-state index in [4.69, 9.17) is 0 Å². The summed E-state index contributed by atoms with van der Waals surface area (Å²) in [7, 11) is 0. The molecule has 2 heterocycles. The molecule has 1 aromatic rings. The summed E-state index contributed by atoms with van der Waals surface area (Å²) in [5.74, 6) is -0.316. The van der Waals surface area contributed by atoms with Crippen molar-refractivity contribution in [3.63, 3.8) is 0 Å². The van der Waals surface area contributed by atoms with Gasteiger partial charge in [0.15, 0.2) is 0 Å². The molecule has 23 heavy (non-hydrogen) atoms. The molecule has 0 unspecified atom stereocenters. The molecule has 122 valence electrons. The third-order valence-electron chi connectivity index (χ3n) is 4.26. The highest BCUT2D eigenvalue weighted by Gasteiger charge is 2.30. The van der Waals surface area contributed by atoms with Crippen LogP contribution in [0.2, 0.25) is 0 Å². The molecule has 0 radical (unpaired) electrons. The SMILES string of the molecule is O=C1NC(=O)[C@@H](CCC(=O)N2CCN(c3ccccc3)CC2)N1. The number of benzene rings is 1. The fourth-order valence-electron chi connectivity index (χ4n) is 2.94. The van der Waals surface area contributed by atoms with E-state index in [-0.39, 0.29) is 18.2 Å². The van der Waals surface area contributed by atoms with E-state index >= 15 is 0 Å². The Morgan fingerprint density at radius 3 is 2.39 bits per heavy atom. The Labute approximate surface area is 134 Å². The predicted octanol–water partition coefficient (Wildman–Crippen LogP) is 0.323. The number of imide groups is 1. The Balaban J connectivity index is 1.45. The minimum atomic E-state index is -0.586. The Bertz CT molecular complexity index is 597. The number of carbonyl (C=O) groups excluding carboxylic acids is 3. The lowest BCUT2D eigenvalue weighted by atomic mass is 10.1. The van der Waals surface area contributed by atoms with E-state index in [9.17, 15) is 14.4 Å². The van der Waals surface area contributed by atoms with Crippen molar-refractivity contribution in [3.05, 3.63) is 30.3 Å². The molecule has 1 atom stereocenters. The summed E-state index contributed by atoms with van der Waals surface area (Å²) in [5, 5.41) is 4.69. The predicted molar refractivity (Wildman–Crippen MR) is 84.9 cm³/mol. The number of hydrogen-bond acceptors (Lipinski definition) is 4. The van der Waals surface area contributed by atoms with Crippen molar-refractivity contribution >= 4 is 23.5 Å². The number of nitrogens with one attached hydrogen (secondary N) is 2. The maximum atomic E-state index is 12.2. The highest BCUT2D eigenvalue weighted by Crippen LogP contribution is 2.16. The third-order valence-corrected chi connectivity index (χ3v) is 4.26. The monoisotopic (exact) mass is 316 g/mol. The molecule has 1 aromatic carbocycles. The number of anilines is 1. The van der Waals surface area contributed by atoms with Crippen LogP contribution in [0.25, 0.3) is 0 Å². The molecule has 2 saturated heterocycles. The number of rotatable bonds is 4. The van der Waals surface area contributed by atoms with Crippen molar-refractivity contribution in [1.82, 2.24) is 15.5 Å². The van der Waals surface area contributed by atoms with Crippen molar-refractivity contribution in [2.45, 2.75) is 18.9 Å². The Morgan fingerprint density at radius 1 is 1.09 bits per heavy atom. The van der Waals surface area contributed by atoms with E-state index in [2.05, 4.69) is 27.7 Å². The summed E-state index contributed by atoms with van der Waals surface area (Å²) in [4.78, 5) is 38.8. The third kappa shape index (κ3) is 3.61. The molecular formula is C16H20N4O3. The fraction of sp³-hybridized carbons (Fsp3) is 0.438. The van der Waals surface area contributed by atoms with Gasteiger partial charge < -0.3 is 15.1 Å². The van der Waals surface area contributed by atoms with E-state index in [1.165, 1.54) is 5.69 Å². The van der Waals surface area contributed by atoms with E-state index in [0.29, 0.717) is 19.5 Å². The highest BCUT2D eigenvalue weighted by atomic mass is 16.2. The van der Waals surface area contributed by atoms with Crippen LogP contribution in [0, 0.1) is 0 Å². The first-order chi connectivity index (χ1) is 11.1. The Hall–Kier alpha value is -2.57. The second-order valence-electron chi connectivity index (χ2n) is 5.76. The van der Waals surface area contributed by atoms with Crippen molar-refractivity contribution in [1.29, 1.82) is 0 Å². The summed E-state index contributed by atoms with van der Waals surface area (Å²) in [6, 6.07) is 9.07. The summed E-state index contributed by atoms with van der Waals surface area (Å²) < 4.78 is 0. The smallest absolute Gasteiger partial charge is 0.322 e. The van der Waals surface area contributed by atoms with Crippen LogP contribution in [0.15, 0.2) is 30.3 Å². The molecule has 0 saturated carbocycles. The van der Waals surface area contributed by atoms with Gasteiger partial charge in [0.25, 0.3) is 5.91 Å². The lowest BCUT2D eigenvalue weighted by Crippen LogP contribution is -2.49. The molecule has 2 aliphatic rings. The average Bonchev–Trinajstić information content (AvgIpc) is 2.91. The number of amides is 4. The van der Waals surface area contributed by atoms with Gasteiger partial charge in [0.1, 0.15) is 6.04 Å². The molecule has 4 amide bonds. The molecule has 0 bridgehead atoms. The number of hydrogen-bond donors (Lipinski definition) is 2. The molecule has 2 aliphatic heterocycles. The van der Waals surface area contributed by atoms with Crippen LogP contribution in [0.1, 0.15) is 12.8 Å². The van der Waals surface area contributed by atoms with Gasteiger partial charge in [0, 0.05) is 38.3 Å². The van der Waals surface area contributed by atoms with Gasteiger partial charge in [-0.05, 0) is 18.6 Å². The highest BCUT2D eigenvalue weighted by molar-refractivity contribution is 6.04. The quantitative estimate of drug-likeness (QED) is 0.784. The summed E-state index contributed by atoms with van der Waals surface area (Å²) in [6.07, 6.45) is 0.610. The summed E-state index contributed by atoms with van der Waals surface area (Å²) in [5.41, 5.74) is 1.17. The van der Waals surface area contributed by atoms with Crippen LogP contribution in [0.5, 0.6) is 0 Å². The molecule has 0 aromatic heterocycles. The number of piperazine rings is 1. The average molecular weight is 316 g/mol. The molecule has 0 aliphatic carbocycles. The standard InChI is InChI=1S/C16H20N4O3/c21-14(7-6-13-15(22)18-16(23)17-13)20-10-8-19(9-11-20)12-4-2-1-3-5-12/h1-5,13H,6-11H2,(H2,17,18,22,23)/t13-/m1/s1. The van der Waals surface area contributed by atoms with Crippen molar-refractivity contribution in [3.8, 4) is 0 Å². The van der Waals surface area contributed by atoms with Gasteiger partial charge in [-0.1, -0.05) is 18.2 Å². The first-order valence-corrected chi connectivity index (χ1v) is 7.82. The largest absolute Gasteiger partial charge is 0.368 e. The van der Waals surface area contributed by atoms with Crippen LogP contribution < -0.4 is 15.5 Å². The van der Waals surface area contributed by atoms with Gasteiger partial charge in [0.2, 0.25) is 5.91 Å². The van der Waals surface area contributed by atoms with Crippen LogP contribution >= 0.6 is 0 Å². The van der Waals surface area contributed by atoms with Crippen LogP contribution in [-0.4, -0.2) is 55.0 Å². The maximum absolute atomic E-state index is 12.2. The molecule has 7 nitrogen and oxygen atoms in total. The fourth-order valence-corrected chi connectivity index (χ4v) is 2.94. The second kappa shape index (κ2) is 6.68. The van der Waals surface area contributed by atoms with E-state index in [1.807, 2.05) is 23.1 Å². The Kier molecular flexibility index (Phi) is 4.45. The first kappa shape index (κ1) is 15.3. The zero-order valence-corrected chi connectivity index (χ0v) is 12.8. The van der Waals surface area contributed by atoms with Crippen LogP contribution in [-0.2, 0) is 9.59 Å². The number of para-hydroxylation sites is 1. The van der Waals surface area contributed by atoms with Gasteiger partial charge in [-0.2, -0.15) is 0 Å². The zero-order chi connectivity index (χ0) is 16.2. The van der Waals surface area contributed by atoms with Gasteiger partial charge in [0.05, 0.1) is 0 Å². The minimum Gasteiger partial charge on any atom is -0.368 e.